The van der Waals surface area contributed by atoms with E-state index in [-0.39, 0.29) is 23.9 Å². The summed E-state index contributed by atoms with van der Waals surface area (Å²) in [5.41, 5.74) is 6.37. The number of hydroxylamine groups is 1. The first-order chi connectivity index (χ1) is 15.5. The van der Waals surface area contributed by atoms with Gasteiger partial charge in [-0.2, -0.15) is 5.10 Å². The summed E-state index contributed by atoms with van der Waals surface area (Å²) in [5.74, 6) is -2.02. The summed E-state index contributed by atoms with van der Waals surface area (Å²) in [6.07, 6.45) is 0.467. The molecule has 0 atom stereocenters. The molecule has 0 aliphatic heterocycles. The molecule has 0 bridgehead atoms. The van der Waals surface area contributed by atoms with Crippen molar-refractivity contribution < 1.29 is 29.1 Å². The molecule has 1 heterocycles. The largest absolute Gasteiger partial charge is 0.479 e. The van der Waals surface area contributed by atoms with Crippen molar-refractivity contribution in [2.45, 2.75) is 5.92 Å². The van der Waals surface area contributed by atoms with Crippen molar-refractivity contribution in [1.29, 1.82) is 0 Å². The van der Waals surface area contributed by atoms with Crippen LogP contribution in [0.2, 0.25) is 0 Å². The molecule has 0 spiro atoms. The zero-order valence-electron chi connectivity index (χ0n) is 17.1. The van der Waals surface area contributed by atoms with Gasteiger partial charge in [0.05, 0.1) is 6.20 Å². The van der Waals surface area contributed by atoms with Gasteiger partial charge in [-0.1, -0.05) is 48.5 Å². The zero-order chi connectivity index (χ0) is 22.7. The number of nitrogens with zero attached hydrogens (tertiary/aromatic N) is 2. The fraction of sp³-hybridized carbons (Fsp3) is 0.182. The number of hydrogen-bond acceptors (Lipinski definition) is 6. The van der Waals surface area contributed by atoms with Crippen LogP contribution < -0.4 is 10.8 Å². The van der Waals surface area contributed by atoms with E-state index < -0.39 is 24.6 Å². The van der Waals surface area contributed by atoms with Gasteiger partial charge in [-0.15, -0.1) is 0 Å². The van der Waals surface area contributed by atoms with E-state index in [1.165, 1.54) is 17.9 Å². The predicted molar refractivity (Wildman–Crippen MR) is 113 cm³/mol. The quantitative estimate of drug-likeness (QED) is 0.485. The lowest BCUT2D eigenvalue weighted by Gasteiger charge is -2.15. The summed E-state index contributed by atoms with van der Waals surface area (Å²) in [7, 11) is 1.54. The van der Waals surface area contributed by atoms with Gasteiger partial charge in [-0.05, 0) is 22.3 Å². The van der Waals surface area contributed by atoms with Crippen LogP contribution in [0.3, 0.4) is 0 Å². The number of carbonyl (C=O) groups is 3. The van der Waals surface area contributed by atoms with Crippen molar-refractivity contribution in [3.8, 4) is 11.1 Å². The molecule has 164 valence electrons. The van der Waals surface area contributed by atoms with Gasteiger partial charge in [-0.25, -0.2) is 15.1 Å². The number of aliphatic carboxylic acids is 1. The van der Waals surface area contributed by atoms with Gasteiger partial charge in [0.15, 0.2) is 6.61 Å². The number of carboxylic acid groups (broad SMARTS) is 1. The summed E-state index contributed by atoms with van der Waals surface area (Å²) in [5, 5.41) is 15.0. The van der Waals surface area contributed by atoms with Crippen molar-refractivity contribution >= 4 is 23.8 Å². The average molecular weight is 436 g/mol. The van der Waals surface area contributed by atoms with Gasteiger partial charge in [0.25, 0.3) is 5.91 Å². The van der Waals surface area contributed by atoms with Crippen molar-refractivity contribution in [3.63, 3.8) is 0 Å². The summed E-state index contributed by atoms with van der Waals surface area (Å²) >= 11 is 0. The van der Waals surface area contributed by atoms with Crippen LogP contribution in [0.4, 0.5) is 10.6 Å². The van der Waals surface area contributed by atoms with Crippen LogP contribution in [-0.4, -0.2) is 46.1 Å². The molecule has 0 radical (unpaired) electrons. The van der Waals surface area contributed by atoms with E-state index in [0.717, 1.165) is 22.3 Å². The number of hydrogen-bond donors (Lipinski definition) is 3. The first-order valence-electron chi connectivity index (χ1n) is 9.73. The zero-order valence-corrected chi connectivity index (χ0v) is 17.1. The molecule has 0 saturated carbocycles. The number of benzene rings is 2. The second-order valence-corrected chi connectivity index (χ2v) is 7.09. The summed E-state index contributed by atoms with van der Waals surface area (Å²) in [6.45, 7) is -0.595. The summed E-state index contributed by atoms with van der Waals surface area (Å²) in [6, 6.07) is 16.0. The van der Waals surface area contributed by atoms with Crippen molar-refractivity contribution in [1.82, 2.24) is 15.3 Å². The van der Waals surface area contributed by atoms with E-state index in [4.69, 9.17) is 9.84 Å². The number of nitrogens with one attached hydrogen (secondary N) is 2. The maximum absolute atomic E-state index is 12.5. The molecule has 1 aromatic heterocycles. The normalized spacial score (nSPS) is 12.0. The molecule has 3 N–H and O–H groups in total. The molecule has 0 saturated heterocycles. The lowest BCUT2D eigenvalue weighted by Crippen LogP contribution is -2.28. The number of ether oxygens (including phenoxy) is 1. The van der Waals surface area contributed by atoms with Crippen LogP contribution in [0.25, 0.3) is 11.1 Å². The minimum atomic E-state index is -1.24. The minimum absolute atomic E-state index is 0.00797. The van der Waals surface area contributed by atoms with Crippen molar-refractivity contribution in [3.05, 3.63) is 71.4 Å². The number of carboxylic acids is 1. The van der Waals surface area contributed by atoms with Crippen molar-refractivity contribution in [2.75, 3.05) is 18.5 Å². The van der Waals surface area contributed by atoms with Crippen molar-refractivity contribution in [2.24, 2.45) is 7.05 Å². The highest BCUT2D eigenvalue weighted by Crippen LogP contribution is 2.44. The number of carbonyl (C=O) groups excluding carboxylic acids is 2. The lowest BCUT2D eigenvalue weighted by molar-refractivity contribution is -0.144. The number of rotatable bonds is 7. The number of amides is 2. The number of fused-ring (bicyclic) bond motifs is 3. The third kappa shape index (κ3) is 4.16. The molecule has 2 aromatic carbocycles. The van der Waals surface area contributed by atoms with Gasteiger partial charge in [0, 0.05) is 13.0 Å². The molecule has 10 nitrogen and oxygen atoms in total. The van der Waals surface area contributed by atoms with E-state index in [0.29, 0.717) is 0 Å². The molecule has 0 unspecified atom stereocenters. The third-order valence-corrected chi connectivity index (χ3v) is 5.11. The molecule has 0 fully saturated rings. The van der Waals surface area contributed by atoms with Crippen LogP contribution in [0, 0.1) is 0 Å². The number of aryl methyl sites for hydroxylation is 1. The first kappa shape index (κ1) is 21.1. The molecule has 2 amide bonds. The fourth-order valence-electron chi connectivity index (χ4n) is 3.70. The highest BCUT2D eigenvalue weighted by atomic mass is 16.7. The van der Waals surface area contributed by atoms with Gasteiger partial charge < -0.3 is 9.84 Å². The van der Waals surface area contributed by atoms with Crippen LogP contribution in [0.1, 0.15) is 27.4 Å². The summed E-state index contributed by atoms with van der Waals surface area (Å²) in [4.78, 5) is 39.8. The molecule has 10 heteroatoms. The van der Waals surface area contributed by atoms with Gasteiger partial charge in [0.1, 0.15) is 18.0 Å². The monoisotopic (exact) mass is 436 g/mol. The van der Waals surface area contributed by atoms with Crippen LogP contribution >= 0.6 is 0 Å². The molecule has 1 aliphatic rings. The highest BCUT2D eigenvalue weighted by Gasteiger charge is 2.29. The Bertz CT molecular complexity index is 1140. The van der Waals surface area contributed by atoms with Gasteiger partial charge >= 0.3 is 12.1 Å². The number of anilines is 1. The Labute approximate surface area is 182 Å². The Morgan fingerprint density at radius 2 is 1.69 bits per heavy atom. The Kier molecular flexibility index (Phi) is 5.86. The predicted octanol–water partition coefficient (Wildman–Crippen LogP) is 2.53. The fourth-order valence-corrected chi connectivity index (χ4v) is 3.70. The van der Waals surface area contributed by atoms with E-state index in [1.54, 1.807) is 0 Å². The van der Waals surface area contributed by atoms with E-state index in [9.17, 15) is 14.4 Å². The Hall–Kier alpha value is -4.18. The molecule has 1 aliphatic carbocycles. The Morgan fingerprint density at radius 3 is 2.31 bits per heavy atom. The first-order valence-corrected chi connectivity index (χ1v) is 9.73. The lowest BCUT2D eigenvalue weighted by atomic mass is 9.98. The molecular weight excluding hydrogens is 416 g/mol. The van der Waals surface area contributed by atoms with Crippen LogP contribution in [-0.2, 0) is 21.4 Å². The average Bonchev–Trinajstić information content (AvgIpc) is 3.30. The van der Waals surface area contributed by atoms with E-state index in [2.05, 4.69) is 15.3 Å². The second-order valence-electron chi connectivity index (χ2n) is 7.09. The smallest absolute Gasteiger partial charge is 0.412 e. The van der Waals surface area contributed by atoms with Crippen LogP contribution in [0.15, 0.2) is 54.7 Å². The van der Waals surface area contributed by atoms with E-state index >= 15 is 0 Å². The molecular formula is C22H20N4O6. The second kappa shape index (κ2) is 8.90. The Balaban J connectivity index is 1.43. The molecule has 32 heavy (non-hydrogen) atoms. The number of aromatic nitrogens is 2. The third-order valence-electron chi connectivity index (χ3n) is 5.11. The summed E-state index contributed by atoms with van der Waals surface area (Å²) < 4.78 is 6.77. The van der Waals surface area contributed by atoms with Gasteiger partial charge in [-0.3, -0.25) is 19.6 Å². The topological polar surface area (TPSA) is 132 Å². The van der Waals surface area contributed by atoms with E-state index in [1.807, 2.05) is 54.0 Å². The molecule has 3 aromatic rings. The standard InChI is InChI=1S/C22H20N4O6/c1-26-20(17(10-23-26)21(29)25-32-12-19(27)28)24-22(30)31-11-18-15-8-4-2-6-13(15)14-7-3-5-9-16(14)18/h2-10,18H,11-12H2,1H3,(H,24,30)(H,25,29)(H,27,28). The van der Waals surface area contributed by atoms with Crippen LogP contribution in [0.5, 0.6) is 0 Å². The highest BCUT2D eigenvalue weighted by molar-refractivity contribution is 6.01. The molecule has 4 rings (SSSR count). The maximum atomic E-state index is 12.5. The van der Waals surface area contributed by atoms with Gasteiger partial charge in [0.2, 0.25) is 0 Å². The SMILES string of the molecule is Cn1ncc(C(=O)NOCC(=O)O)c1NC(=O)OCC1c2ccccc2-c2ccccc21. The maximum Gasteiger partial charge on any atom is 0.412 e. The minimum Gasteiger partial charge on any atom is -0.479 e. The Morgan fingerprint density at radius 1 is 1.06 bits per heavy atom.